The van der Waals surface area contributed by atoms with Crippen LogP contribution in [0, 0.1) is 0 Å². The number of nitrogens with one attached hydrogen (secondary N) is 1. The average Bonchev–Trinajstić information content (AvgIpc) is 2.83. The molecule has 0 bridgehead atoms. The SMILES string of the molecule is Bc1c(B)c(C(B)(B)[C@@H](C)NC(B)(B)C)c(B)c2c1OCO2. The first-order valence-corrected chi connectivity index (χ1v) is 8.14. The molecular weight excluding hydrogens is 266 g/mol. The van der Waals surface area contributed by atoms with E-state index in [1.807, 2.05) is 0 Å². The van der Waals surface area contributed by atoms with Crippen molar-refractivity contribution < 1.29 is 9.47 Å². The molecule has 0 fully saturated rings. The Balaban J connectivity index is 2.54. The Morgan fingerprint density at radius 3 is 1.95 bits per heavy atom. The predicted molar refractivity (Wildman–Crippen MR) is 114 cm³/mol. The van der Waals surface area contributed by atoms with Crippen LogP contribution in [0.1, 0.15) is 19.4 Å². The average molecular weight is 290 g/mol. The summed E-state index contributed by atoms with van der Waals surface area (Å²) in [5, 5.41) is 3.81. The topological polar surface area (TPSA) is 30.5 Å². The lowest BCUT2D eigenvalue weighted by Crippen LogP contribution is -2.60. The molecule has 10 heteroatoms. The predicted octanol–water partition coefficient (Wildman–Crippen LogP) is -7.47. The summed E-state index contributed by atoms with van der Waals surface area (Å²) in [5.74, 6) is 1.85. The molecule has 1 aliphatic rings. The maximum Gasteiger partial charge on any atom is 0.231 e. The van der Waals surface area contributed by atoms with Gasteiger partial charge in [0.1, 0.15) is 54.9 Å². The number of benzene rings is 1. The van der Waals surface area contributed by atoms with Crippen LogP contribution in [0.2, 0.25) is 0 Å². The molecule has 0 radical (unpaired) electrons. The number of hydrogen-bond donors (Lipinski definition) is 1. The summed E-state index contributed by atoms with van der Waals surface area (Å²) < 4.78 is 11.4. The van der Waals surface area contributed by atoms with Crippen molar-refractivity contribution in [3.63, 3.8) is 0 Å². The number of ether oxygens (including phenoxy) is 2. The van der Waals surface area contributed by atoms with E-state index in [2.05, 4.69) is 74.1 Å². The summed E-state index contributed by atoms with van der Waals surface area (Å²) in [6, 6.07) is 0.338. The Morgan fingerprint density at radius 2 is 1.45 bits per heavy atom. The smallest absolute Gasteiger partial charge is 0.231 e. The van der Waals surface area contributed by atoms with Crippen molar-refractivity contribution in [2.75, 3.05) is 6.79 Å². The molecule has 1 atom stereocenters. The molecule has 1 aliphatic heterocycles. The van der Waals surface area contributed by atoms with E-state index in [1.165, 1.54) is 22.0 Å². The molecule has 2 rings (SSSR count). The molecule has 0 spiro atoms. The van der Waals surface area contributed by atoms with Crippen LogP contribution in [0.25, 0.3) is 0 Å². The Kier molecular flexibility index (Phi) is 4.56. The second-order valence-electron chi connectivity index (χ2n) is 8.15. The maximum absolute atomic E-state index is 5.74. The van der Waals surface area contributed by atoms with Crippen LogP contribution < -0.4 is 31.2 Å². The molecule has 0 amide bonds. The Bertz CT molecular complexity index is 600. The molecule has 1 aromatic rings. The Morgan fingerprint density at radius 1 is 0.955 bits per heavy atom. The van der Waals surface area contributed by atoms with Crippen molar-refractivity contribution >= 4 is 71.3 Å². The number of fused-ring (bicyclic) bond motifs is 1. The highest BCUT2D eigenvalue weighted by atomic mass is 16.7. The molecule has 0 unspecified atom stereocenters. The fourth-order valence-corrected chi connectivity index (χ4v) is 3.60. The first-order valence-electron chi connectivity index (χ1n) is 8.14. The maximum atomic E-state index is 5.74. The van der Waals surface area contributed by atoms with Gasteiger partial charge < -0.3 is 14.8 Å². The molecule has 0 aliphatic carbocycles. The van der Waals surface area contributed by atoms with Crippen molar-refractivity contribution in [2.24, 2.45) is 0 Å². The van der Waals surface area contributed by atoms with Gasteiger partial charge in [0.2, 0.25) is 6.79 Å². The van der Waals surface area contributed by atoms with Crippen molar-refractivity contribution in [3.05, 3.63) is 5.56 Å². The first kappa shape index (κ1) is 17.6. The molecule has 110 valence electrons. The second-order valence-corrected chi connectivity index (χ2v) is 8.15. The number of hydrogen-bond acceptors (Lipinski definition) is 3. The molecule has 0 saturated heterocycles. The van der Waals surface area contributed by atoms with E-state index in [1.54, 1.807) is 0 Å². The van der Waals surface area contributed by atoms with E-state index in [0.717, 1.165) is 11.5 Å². The minimum absolute atomic E-state index is 0.00676. The van der Waals surface area contributed by atoms with Gasteiger partial charge in [0.05, 0.1) is 0 Å². The molecule has 1 aromatic carbocycles. The summed E-state index contributed by atoms with van der Waals surface area (Å²) >= 11 is 0. The van der Waals surface area contributed by atoms with Gasteiger partial charge in [-0.3, -0.25) is 0 Å². The zero-order valence-electron chi connectivity index (χ0n) is 15.6. The van der Waals surface area contributed by atoms with Gasteiger partial charge in [0.25, 0.3) is 0 Å². The largest absolute Gasteiger partial charge is 0.454 e. The van der Waals surface area contributed by atoms with Crippen LogP contribution in [-0.4, -0.2) is 73.1 Å². The minimum atomic E-state index is -0.00676. The van der Waals surface area contributed by atoms with Crippen LogP contribution in [-0.2, 0) is 5.21 Å². The molecule has 0 saturated carbocycles. The third-order valence-electron chi connectivity index (χ3n) is 4.98. The zero-order valence-corrected chi connectivity index (χ0v) is 15.6. The van der Waals surface area contributed by atoms with E-state index in [-0.39, 0.29) is 10.6 Å². The van der Waals surface area contributed by atoms with Crippen LogP contribution in [0.5, 0.6) is 11.5 Å². The van der Waals surface area contributed by atoms with E-state index >= 15 is 0 Å². The van der Waals surface area contributed by atoms with Gasteiger partial charge in [-0.05, 0) is 27.5 Å². The van der Waals surface area contributed by atoms with Crippen molar-refractivity contribution in [1.29, 1.82) is 0 Å². The summed E-state index contributed by atoms with van der Waals surface area (Å²) in [6.45, 7) is 4.81. The standard InChI is InChI=1S/C12H24B7NO2/c1-4(20-11(2,16)17)12(18,19)5-6(13)8(15)10-9(7(5)14)21-3-22-10/h4,20H,3,13-19H2,1-2H3/t4-/m1/s1. The fraction of sp³-hybridized carbons (Fsp3) is 0.500. The summed E-state index contributed by atoms with van der Waals surface area (Å²) in [5.41, 5.74) is 5.10. The lowest BCUT2D eigenvalue weighted by Gasteiger charge is -2.41. The second kappa shape index (κ2) is 5.70. The normalized spacial score (nSPS) is 15.7. The van der Waals surface area contributed by atoms with Crippen LogP contribution in [0.15, 0.2) is 0 Å². The zero-order chi connectivity index (χ0) is 16.9. The molecule has 1 N–H and O–H groups in total. The van der Waals surface area contributed by atoms with E-state index in [9.17, 15) is 0 Å². The van der Waals surface area contributed by atoms with Gasteiger partial charge in [0.15, 0.2) is 11.5 Å². The van der Waals surface area contributed by atoms with Crippen LogP contribution in [0.3, 0.4) is 0 Å². The van der Waals surface area contributed by atoms with Gasteiger partial charge in [-0.1, -0.05) is 24.9 Å². The highest BCUT2D eigenvalue weighted by molar-refractivity contribution is 6.56. The molecule has 1 heterocycles. The van der Waals surface area contributed by atoms with Crippen LogP contribution >= 0.6 is 0 Å². The number of rotatable bonds is 4. The third-order valence-corrected chi connectivity index (χ3v) is 4.98. The monoisotopic (exact) mass is 291 g/mol. The third kappa shape index (κ3) is 2.99. The fourth-order valence-electron chi connectivity index (χ4n) is 3.60. The van der Waals surface area contributed by atoms with Crippen LogP contribution in [0.4, 0.5) is 0 Å². The van der Waals surface area contributed by atoms with E-state index in [0.29, 0.717) is 12.8 Å². The molecule has 22 heavy (non-hydrogen) atoms. The minimum Gasteiger partial charge on any atom is -0.454 e. The summed E-state index contributed by atoms with van der Waals surface area (Å²) in [7, 11) is 15.5. The highest BCUT2D eigenvalue weighted by Crippen LogP contribution is 2.30. The Hall–Kier alpha value is -0.765. The lowest BCUT2D eigenvalue weighted by atomic mass is 9.43. The van der Waals surface area contributed by atoms with E-state index < -0.39 is 0 Å². The van der Waals surface area contributed by atoms with Gasteiger partial charge in [-0.15, -0.1) is 0 Å². The van der Waals surface area contributed by atoms with Crippen molar-refractivity contribution in [1.82, 2.24) is 5.32 Å². The molecular formula is C12H24B7NO2. The van der Waals surface area contributed by atoms with Crippen molar-refractivity contribution in [3.8, 4) is 11.5 Å². The molecule has 0 aromatic heterocycles. The lowest BCUT2D eigenvalue weighted by molar-refractivity contribution is 0.175. The quantitative estimate of drug-likeness (QED) is 0.559. The summed E-state index contributed by atoms with van der Waals surface area (Å²) in [6.07, 6.45) is 0. The molecule has 3 nitrogen and oxygen atoms in total. The van der Waals surface area contributed by atoms with Gasteiger partial charge in [-0.25, -0.2) is 0 Å². The van der Waals surface area contributed by atoms with Crippen molar-refractivity contribution in [2.45, 2.75) is 30.4 Å². The highest BCUT2D eigenvalue weighted by Gasteiger charge is 2.35. The summed E-state index contributed by atoms with van der Waals surface area (Å²) in [4.78, 5) is 0. The van der Waals surface area contributed by atoms with E-state index in [4.69, 9.17) is 9.47 Å². The van der Waals surface area contributed by atoms with Gasteiger partial charge in [-0.2, -0.15) is 0 Å². The Labute approximate surface area is 140 Å². The van der Waals surface area contributed by atoms with Gasteiger partial charge in [0, 0.05) is 0 Å². The first-order chi connectivity index (χ1) is 9.97. The van der Waals surface area contributed by atoms with Gasteiger partial charge >= 0.3 is 0 Å².